The van der Waals surface area contributed by atoms with E-state index in [1.54, 1.807) is 0 Å². The van der Waals surface area contributed by atoms with Gasteiger partial charge in [0.2, 0.25) is 5.89 Å². The van der Waals surface area contributed by atoms with Crippen molar-refractivity contribution in [3.8, 4) is 0 Å². The van der Waals surface area contributed by atoms with Crippen LogP contribution in [-0.4, -0.2) is 23.4 Å². The van der Waals surface area contributed by atoms with Crippen molar-refractivity contribution in [1.82, 2.24) is 10.1 Å². The van der Waals surface area contributed by atoms with E-state index in [1.165, 1.54) is 32.1 Å². The van der Waals surface area contributed by atoms with Crippen LogP contribution in [0.25, 0.3) is 0 Å². The van der Waals surface area contributed by atoms with Gasteiger partial charge in [0.15, 0.2) is 5.82 Å². The summed E-state index contributed by atoms with van der Waals surface area (Å²) in [7, 11) is 0. The van der Waals surface area contributed by atoms with Gasteiger partial charge in [-0.05, 0) is 50.4 Å². The number of hydrogen-bond donors (Lipinski definition) is 0. The lowest BCUT2D eigenvalue weighted by atomic mass is 9.84. The third-order valence-corrected chi connectivity index (χ3v) is 5.61. The van der Waals surface area contributed by atoms with Crippen LogP contribution in [0.15, 0.2) is 4.52 Å². The minimum atomic E-state index is 0.240. The Hall–Kier alpha value is -0.900. The zero-order valence-electron chi connectivity index (χ0n) is 11.6. The zero-order chi connectivity index (χ0) is 12.9. The van der Waals surface area contributed by atoms with E-state index in [1.807, 2.05) is 0 Å². The van der Waals surface area contributed by atoms with Crippen molar-refractivity contribution in [3.63, 3.8) is 0 Å². The van der Waals surface area contributed by atoms with Gasteiger partial charge < -0.3 is 9.26 Å². The minimum Gasteiger partial charge on any atom is -0.381 e. The molecule has 0 radical (unpaired) electrons. The van der Waals surface area contributed by atoms with Gasteiger partial charge in [-0.15, -0.1) is 0 Å². The molecule has 0 aromatic carbocycles. The predicted octanol–water partition coefficient (Wildman–Crippen LogP) is 3.04. The van der Waals surface area contributed by atoms with Crippen LogP contribution in [0.2, 0.25) is 0 Å². The van der Waals surface area contributed by atoms with Gasteiger partial charge in [0.25, 0.3) is 0 Å². The number of fused-ring (bicyclic) bond motifs is 2. The van der Waals surface area contributed by atoms with Crippen LogP contribution in [0, 0.1) is 11.8 Å². The maximum absolute atomic E-state index is 5.67. The molecule has 104 valence electrons. The third kappa shape index (κ3) is 1.83. The fraction of sp³-hybridized carbons (Fsp3) is 0.867. The lowest BCUT2D eigenvalue weighted by Crippen LogP contribution is -2.25. The molecule has 0 N–H and O–H groups in total. The zero-order valence-corrected chi connectivity index (χ0v) is 11.6. The fourth-order valence-corrected chi connectivity index (χ4v) is 4.36. The first kappa shape index (κ1) is 11.9. The lowest BCUT2D eigenvalue weighted by molar-refractivity contribution is 0.0447. The van der Waals surface area contributed by atoms with E-state index in [0.717, 1.165) is 37.3 Å². The van der Waals surface area contributed by atoms with Crippen LogP contribution >= 0.6 is 0 Å². The Labute approximate surface area is 113 Å². The van der Waals surface area contributed by atoms with Gasteiger partial charge in [0.05, 0.1) is 0 Å². The summed E-state index contributed by atoms with van der Waals surface area (Å²) < 4.78 is 11.2. The van der Waals surface area contributed by atoms with Crippen LogP contribution in [0.4, 0.5) is 0 Å². The third-order valence-electron chi connectivity index (χ3n) is 5.61. The highest BCUT2D eigenvalue weighted by atomic mass is 16.5. The molecule has 3 fully saturated rings. The first-order chi connectivity index (χ1) is 9.27. The number of nitrogens with zero attached hydrogens (tertiary/aromatic N) is 2. The number of ether oxygens (including phenoxy) is 1. The fourth-order valence-electron chi connectivity index (χ4n) is 4.36. The number of hydrogen-bond acceptors (Lipinski definition) is 4. The second-order valence-corrected chi connectivity index (χ2v) is 6.83. The molecule has 4 heteroatoms. The summed E-state index contributed by atoms with van der Waals surface area (Å²) in [4.78, 5) is 4.80. The molecule has 4 rings (SSSR count). The van der Waals surface area contributed by atoms with Crippen molar-refractivity contribution >= 4 is 0 Å². The van der Waals surface area contributed by atoms with E-state index < -0.39 is 0 Å². The summed E-state index contributed by atoms with van der Waals surface area (Å²) in [6.07, 6.45) is 7.51. The average Bonchev–Trinajstić information content (AvgIpc) is 3.15. The molecule has 2 aliphatic carbocycles. The van der Waals surface area contributed by atoms with Gasteiger partial charge in [0, 0.05) is 24.5 Å². The van der Waals surface area contributed by atoms with Gasteiger partial charge in [-0.1, -0.05) is 12.1 Å². The Morgan fingerprint density at radius 1 is 1.21 bits per heavy atom. The van der Waals surface area contributed by atoms with Gasteiger partial charge in [0.1, 0.15) is 0 Å². The van der Waals surface area contributed by atoms with Crippen LogP contribution in [-0.2, 0) is 10.2 Å². The first-order valence-corrected chi connectivity index (χ1v) is 7.69. The van der Waals surface area contributed by atoms with E-state index in [0.29, 0.717) is 11.8 Å². The van der Waals surface area contributed by atoms with Crippen LogP contribution in [0.3, 0.4) is 0 Å². The van der Waals surface area contributed by atoms with Crippen molar-refractivity contribution in [2.45, 2.75) is 56.8 Å². The molecule has 3 aliphatic rings. The van der Waals surface area contributed by atoms with Gasteiger partial charge >= 0.3 is 0 Å². The van der Waals surface area contributed by atoms with Crippen LogP contribution in [0.1, 0.15) is 63.1 Å². The highest BCUT2D eigenvalue weighted by Gasteiger charge is 2.50. The summed E-state index contributed by atoms with van der Waals surface area (Å²) in [5.41, 5.74) is 0.240. The maximum Gasteiger partial charge on any atom is 0.232 e. The molecule has 2 saturated carbocycles. The van der Waals surface area contributed by atoms with Crippen molar-refractivity contribution < 1.29 is 9.26 Å². The first-order valence-electron chi connectivity index (χ1n) is 7.69. The van der Waals surface area contributed by atoms with Gasteiger partial charge in [-0.2, -0.15) is 4.98 Å². The molecule has 1 aliphatic heterocycles. The molecule has 0 amide bonds. The average molecular weight is 262 g/mol. The summed E-state index contributed by atoms with van der Waals surface area (Å²) in [5.74, 6) is 3.69. The highest BCUT2D eigenvalue weighted by Crippen LogP contribution is 2.55. The molecule has 4 nitrogen and oxygen atoms in total. The molecule has 2 bridgehead atoms. The van der Waals surface area contributed by atoms with Gasteiger partial charge in [-0.3, -0.25) is 0 Å². The number of rotatable bonds is 2. The van der Waals surface area contributed by atoms with E-state index in [4.69, 9.17) is 14.2 Å². The normalized spacial score (nSPS) is 41.8. The molecule has 2 unspecified atom stereocenters. The quantitative estimate of drug-likeness (QED) is 0.822. The largest absolute Gasteiger partial charge is 0.381 e. The van der Waals surface area contributed by atoms with Crippen LogP contribution in [0.5, 0.6) is 0 Å². The molecular formula is C15H22N2O2. The minimum absolute atomic E-state index is 0.240. The van der Waals surface area contributed by atoms with E-state index >= 15 is 0 Å². The van der Waals surface area contributed by atoms with Crippen LogP contribution < -0.4 is 0 Å². The maximum atomic E-state index is 5.67. The summed E-state index contributed by atoms with van der Waals surface area (Å²) in [6, 6.07) is 0. The second-order valence-electron chi connectivity index (χ2n) is 6.83. The SMILES string of the molecule is CC1COCCC1c1noc(C23CCC(CC2)C3)n1. The summed E-state index contributed by atoms with van der Waals surface area (Å²) in [6.45, 7) is 3.87. The summed E-state index contributed by atoms with van der Waals surface area (Å²) >= 11 is 0. The molecule has 1 saturated heterocycles. The van der Waals surface area contributed by atoms with E-state index in [9.17, 15) is 0 Å². The molecule has 2 heterocycles. The molecular weight excluding hydrogens is 240 g/mol. The smallest absolute Gasteiger partial charge is 0.232 e. The monoisotopic (exact) mass is 262 g/mol. The van der Waals surface area contributed by atoms with Crippen molar-refractivity contribution in [2.75, 3.05) is 13.2 Å². The predicted molar refractivity (Wildman–Crippen MR) is 69.9 cm³/mol. The Morgan fingerprint density at radius 3 is 2.74 bits per heavy atom. The molecule has 2 atom stereocenters. The van der Waals surface area contributed by atoms with E-state index in [-0.39, 0.29) is 5.41 Å². The summed E-state index contributed by atoms with van der Waals surface area (Å²) in [5, 5.41) is 4.30. The van der Waals surface area contributed by atoms with Crippen molar-refractivity contribution in [3.05, 3.63) is 11.7 Å². The lowest BCUT2D eigenvalue weighted by Gasteiger charge is -2.26. The standard InChI is InChI=1S/C15H22N2O2/c1-10-9-18-7-4-12(10)13-16-14(19-17-13)15-5-2-11(8-15)3-6-15/h10-12H,2-9H2,1H3. The number of aromatic nitrogens is 2. The molecule has 1 aromatic rings. The second kappa shape index (κ2) is 4.30. The Morgan fingerprint density at radius 2 is 2.05 bits per heavy atom. The molecule has 1 aromatic heterocycles. The topological polar surface area (TPSA) is 48.2 Å². The molecule has 0 spiro atoms. The van der Waals surface area contributed by atoms with Crippen molar-refractivity contribution in [2.24, 2.45) is 11.8 Å². The Bertz CT molecular complexity index is 462. The molecule has 19 heavy (non-hydrogen) atoms. The Kier molecular flexibility index (Phi) is 2.69. The van der Waals surface area contributed by atoms with E-state index in [2.05, 4.69) is 12.1 Å². The highest BCUT2D eigenvalue weighted by molar-refractivity contribution is 5.14. The van der Waals surface area contributed by atoms with Gasteiger partial charge in [-0.25, -0.2) is 0 Å². The Balaban J connectivity index is 1.59. The van der Waals surface area contributed by atoms with Crippen molar-refractivity contribution in [1.29, 1.82) is 0 Å².